The predicted octanol–water partition coefficient (Wildman–Crippen LogP) is 2.39. The predicted molar refractivity (Wildman–Crippen MR) is 73.4 cm³/mol. The SMILES string of the molecule is CCC(CCO)NCC1Cc2cc(Cl)ccc2O1. The smallest absolute Gasteiger partial charge is 0.123 e. The van der Waals surface area contributed by atoms with Crippen molar-refractivity contribution in [2.45, 2.75) is 38.3 Å². The number of halogens is 1. The van der Waals surface area contributed by atoms with Crippen LogP contribution in [0.15, 0.2) is 18.2 Å². The molecule has 2 atom stereocenters. The minimum absolute atomic E-state index is 0.172. The van der Waals surface area contributed by atoms with Crippen molar-refractivity contribution < 1.29 is 9.84 Å². The molecule has 0 saturated carbocycles. The van der Waals surface area contributed by atoms with E-state index >= 15 is 0 Å². The van der Waals surface area contributed by atoms with Crippen LogP contribution in [0.4, 0.5) is 0 Å². The molecule has 0 radical (unpaired) electrons. The van der Waals surface area contributed by atoms with Crippen LogP contribution < -0.4 is 10.1 Å². The Morgan fingerprint density at radius 3 is 3.11 bits per heavy atom. The van der Waals surface area contributed by atoms with Gasteiger partial charge in [0.1, 0.15) is 11.9 Å². The van der Waals surface area contributed by atoms with Crippen molar-refractivity contribution >= 4 is 11.6 Å². The molecule has 1 heterocycles. The molecule has 1 aliphatic rings. The molecule has 3 nitrogen and oxygen atoms in total. The van der Waals surface area contributed by atoms with Gasteiger partial charge in [-0.3, -0.25) is 0 Å². The van der Waals surface area contributed by atoms with Crippen molar-refractivity contribution in [2.24, 2.45) is 0 Å². The fourth-order valence-corrected chi connectivity index (χ4v) is 2.50. The van der Waals surface area contributed by atoms with Crippen LogP contribution in [0, 0.1) is 0 Å². The van der Waals surface area contributed by atoms with Gasteiger partial charge < -0.3 is 15.2 Å². The highest BCUT2D eigenvalue weighted by Crippen LogP contribution is 2.30. The van der Waals surface area contributed by atoms with Crippen molar-refractivity contribution in [3.05, 3.63) is 28.8 Å². The van der Waals surface area contributed by atoms with Crippen LogP contribution >= 0.6 is 11.6 Å². The molecular formula is C14H20ClNO2. The minimum atomic E-state index is 0.172. The highest BCUT2D eigenvalue weighted by molar-refractivity contribution is 6.30. The molecule has 0 fully saturated rings. The van der Waals surface area contributed by atoms with Crippen LogP contribution in [-0.4, -0.2) is 30.4 Å². The summed E-state index contributed by atoms with van der Waals surface area (Å²) < 4.78 is 5.85. The summed E-state index contributed by atoms with van der Waals surface area (Å²) in [4.78, 5) is 0. The van der Waals surface area contributed by atoms with E-state index in [0.29, 0.717) is 6.04 Å². The summed E-state index contributed by atoms with van der Waals surface area (Å²) in [5.41, 5.74) is 1.18. The van der Waals surface area contributed by atoms with E-state index in [4.69, 9.17) is 21.4 Å². The maximum absolute atomic E-state index is 8.95. The van der Waals surface area contributed by atoms with Crippen LogP contribution in [0.25, 0.3) is 0 Å². The molecular weight excluding hydrogens is 250 g/mol. The largest absolute Gasteiger partial charge is 0.488 e. The number of benzene rings is 1. The Bertz CT molecular complexity index is 397. The molecule has 100 valence electrons. The van der Waals surface area contributed by atoms with Gasteiger partial charge in [0.05, 0.1) is 0 Å². The van der Waals surface area contributed by atoms with Crippen LogP contribution in [0.5, 0.6) is 5.75 Å². The Kier molecular flexibility index (Phi) is 4.87. The van der Waals surface area contributed by atoms with Crippen molar-refractivity contribution in [3.8, 4) is 5.75 Å². The van der Waals surface area contributed by atoms with Gasteiger partial charge in [-0.1, -0.05) is 18.5 Å². The quantitative estimate of drug-likeness (QED) is 0.833. The first-order valence-corrected chi connectivity index (χ1v) is 6.90. The van der Waals surface area contributed by atoms with E-state index in [1.165, 1.54) is 5.56 Å². The number of hydrogen-bond acceptors (Lipinski definition) is 3. The van der Waals surface area contributed by atoms with Crippen LogP contribution in [0.2, 0.25) is 5.02 Å². The van der Waals surface area contributed by atoms with Crippen LogP contribution in [0.3, 0.4) is 0 Å². The summed E-state index contributed by atoms with van der Waals surface area (Å²) in [7, 11) is 0. The average molecular weight is 270 g/mol. The highest BCUT2D eigenvalue weighted by atomic mass is 35.5. The lowest BCUT2D eigenvalue weighted by molar-refractivity contribution is 0.209. The minimum Gasteiger partial charge on any atom is -0.488 e. The van der Waals surface area contributed by atoms with Gasteiger partial charge in [0.2, 0.25) is 0 Å². The summed E-state index contributed by atoms with van der Waals surface area (Å²) in [6.45, 7) is 3.16. The number of fused-ring (bicyclic) bond motifs is 1. The van der Waals surface area contributed by atoms with E-state index in [1.807, 2.05) is 18.2 Å². The molecule has 0 amide bonds. The van der Waals surface area contributed by atoms with Gasteiger partial charge in [-0.15, -0.1) is 0 Å². The molecule has 2 unspecified atom stereocenters. The molecule has 0 bridgehead atoms. The Balaban J connectivity index is 1.84. The highest BCUT2D eigenvalue weighted by Gasteiger charge is 2.23. The molecule has 1 aromatic rings. The number of aliphatic hydroxyl groups is 1. The van der Waals surface area contributed by atoms with Crippen molar-refractivity contribution in [1.82, 2.24) is 5.32 Å². The first-order valence-electron chi connectivity index (χ1n) is 6.52. The normalized spacial score (nSPS) is 19.4. The molecule has 1 aliphatic heterocycles. The molecule has 18 heavy (non-hydrogen) atoms. The maximum Gasteiger partial charge on any atom is 0.123 e. The molecule has 0 saturated heterocycles. The van der Waals surface area contributed by atoms with E-state index in [0.717, 1.165) is 36.6 Å². The summed E-state index contributed by atoms with van der Waals surface area (Å²) in [5, 5.41) is 13.2. The molecule has 2 rings (SSSR count). The first kappa shape index (κ1) is 13.7. The standard InChI is InChI=1S/C14H20ClNO2/c1-2-12(5-6-17)16-9-13-8-10-7-11(15)3-4-14(10)18-13/h3-4,7,12-13,16-17H,2,5-6,8-9H2,1H3. The Morgan fingerprint density at radius 2 is 2.39 bits per heavy atom. The number of ether oxygens (including phenoxy) is 1. The summed E-state index contributed by atoms with van der Waals surface area (Å²) in [6.07, 6.45) is 2.89. The van der Waals surface area contributed by atoms with Gasteiger partial charge in [0, 0.05) is 30.6 Å². The molecule has 1 aromatic carbocycles. The monoisotopic (exact) mass is 269 g/mol. The lowest BCUT2D eigenvalue weighted by atomic mass is 10.1. The van der Waals surface area contributed by atoms with Crippen molar-refractivity contribution in [1.29, 1.82) is 0 Å². The van der Waals surface area contributed by atoms with Crippen molar-refractivity contribution in [3.63, 3.8) is 0 Å². The number of hydrogen-bond donors (Lipinski definition) is 2. The van der Waals surface area contributed by atoms with Gasteiger partial charge in [0.15, 0.2) is 0 Å². The third-order valence-corrected chi connectivity index (χ3v) is 3.60. The van der Waals surface area contributed by atoms with Crippen LogP contribution in [-0.2, 0) is 6.42 Å². The lowest BCUT2D eigenvalue weighted by Gasteiger charge is -2.18. The number of nitrogens with one attached hydrogen (secondary N) is 1. The summed E-state index contributed by atoms with van der Waals surface area (Å²) in [5.74, 6) is 0.946. The fraction of sp³-hybridized carbons (Fsp3) is 0.571. The second kappa shape index (κ2) is 6.41. The Hall–Kier alpha value is -0.770. The zero-order valence-electron chi connectivity index (χ0n) is 10.7. The molecule has 2 N–H and O–H groups in total. The third kappa shape index (κ3) is 3.37. The molecule has 0 spiro atoms. The van der Waals surface area contributed by atoms with E-state index in [2.05, 4.69) is 12.2 Å². The van der Waals surface area contributed by atoms with E-state index in [-0.39, 0.29) is 12.7 Å². The van der Waals surface area contributed by atoms with Gasteiger partial charge >= 0.3 is 0 Å². The van der Waals surface area contributed by atoms with Gasteiger partial charge in [-0.25, -0.2) is 0 Å². The van der Waals surface area contributed by atoms with Crippen LogP contribution in [0.1, 0.15) is 25.3 Å². The second-order valence-corrected chi connectivity index (χ2v) is 5.16. The zero-order chi connectivity index (χ0) is 13.0. The Labute approximate surface area is 113 Å². The average Bonchev–Trinajstić information content (AvgIpc) is 2.76. The molecule has 0 aliphatic carbocycles. The number of rotatable bonds is 6. The maximum atomic E-state index is 8.95. The first-order chi connectivity index (χ1) is 8.72. The topological polar surface area (TPSA) is 41.5 Å². The van der Waals surface area contributed by atoms with Gasteiger partial charge in [-0.2, -0.15) is 0 Å². The second-order valence-electron chi connectivity index (χ2n) is 4.72. The summed E-state index contributed by atoms with van der Waals surface area (Å²) >= 11 is 5.96. The Morgan fingerprint density at radius 1 is 1.56 bits per heavy atom. The van der Waals surface area contributed by atoms with E-state index < -0.39 is 0 Å². The van der Waals surface area contributed by atoms with Crippen molar-refractivity contribution in [2.75, 3.05) is 13.2 Å². The number of aliphatic hydroxyl groups excluding tert-OH is 1. The third-order valence-electron chi connectivity index (χ3n) is 3.37. The van der Waals surface area contributed by atoms with E-state index in [9.17, 15) is 0 Å². The molecule has 0 aromatic heterocycles. The molecule has 4 heteroatoms. The zero-order valence-corrected chi connectivity index (χ0v) is 11.4. The van der Waals surface area contributed by atoms with Gasteiger partial charge in [-0.05, 0) is 36.6 Å². The van der Waals surface area contributed by atoms with Gasteiger partial charge in [0.25, 0.3) is 0 Å². The summed E-state index contributed by atoms with van der Waals surface area (Å²) in [6, 6.07) is 6.13. The lowest BCUT2D eigenvalue weighted by Crippen LogP contribution is -2.37. The van der Waals surface area contributed by atoms with E-state index in [1.54, 1.807) is 0 Å². The fourth-order valence-electron chi connectivity index (χ4n) is 2.31.